The molecular formula is C8H16NO2. The van der Waals surface area contributed by atoms with Gasteiger partial charge in [0.2, 0.25) is 0 Å². The zero-order chi connectivity index (χ0) is 8.27. The molecule has 0 heterocycles. The maximum Gasteiger partial charge on any atom is 0.107 e. The second kappa shape index (κ2) is 4.04. The first-order chi connectivity index (χ1) is 5.25. The summed E-state index contributed by atoms with van der Waals surface area (Å²) in [5, 5.41) is 17.9. The lowest BCUT2D eigenvalue weighted by molar-refractivity contribution is -0.0266. The van der Waals surface area contributed by atoms with Crippen LogP contribution in [0.2, 0.25) is 0 Å². The van der Waals surface area contributed by atoms with Crippen molar-refractivity contribution in [2.24, 2.45) is 0 Å². The largest absolute Gasteiger partial charge is 0.395 e. The Morgan fingerprint density at radius 1 is 1.55 bits per heavy atom. The van der Waals surface area contributed by atoms with Gasteiger partial charge < -0.3 is 10.2 Å². The topological polar surface area (TPSA) is 43.7 Å². The molecule has 1 unspecified atom stereocenters. The van der Waals surface area contributed by atoms with Crippen LogP contribution in [0.15, 0.2) is 0 Å². The van der Waals surface area contributed by atoms with Crippen molar-refractivity contribution >= 4 is 0 Å². The predicted octanol–water partition coefficient (Wildman–Crippen LogP) is -0.0143. The van der Waals surface area contributed by atoms with Gasteiger partial charge in [0.05, 0.1) is 6.61 Å². The summed E-state index contributed by atoms with van der Waals surface area (Å²) in [6.45, 7) is 4.17. The van der Waals surface area contributed by atoms with Gasteiger partial charge in [0.1, 0.15) is 6.23 Å². The normalized spacial score (nSPS) is 21.8. The van der Waals surface area contributed by atoms with Crippen LogP contribution in [-0.2, 0) is 0 Å². The Labute approximate surface area is 67.6 Å². The van der Waals surface area contributed by atoms with Crippen LogP contribution in [0.3, 0.4) is 0 Å². The number of rotatable bonds is 4. The average molecular weight is 158 g/mol. The van der Waals surface area contributed by atoms with Gasteiger partial charge in [-0.2, -0.15) is 0 Å². The van der Waals surface area contributed by atoms with Crippen molar-refractivity contribution in [2.45, 2.75) is 31.5 Å². The molecule has 3 nitrogen and oxygen atoms in total. The van der Waals surface area contributed by atoms with Crippen LogP contribution in [0, 0.1) is 6.92 Å². The molecule has 1 radical (unpaired) electrons. The number of hydrogen-bond donors (Lipinski definition) is 2. The summed E-state index contributed by atoms with van der Waals surface area (Å²) in [6.07, 6.45) is 2.84. The molecule has 1 rings (SSSR count). The Kier molecular flexibility index (Phi) is 3.30. The van der Waals surface area contributed by atoms with Crippen LogP contribution >= 0.6 is 0 Å². The second-order valence-electron chi connectivity index (χ2n) is 3.03. The molecule has 0 bridgehead atoms. The lowest BCUT2D eigenvalue weighted by Crippen LogP contribution is -2.46. The molecule has 11 heavy (non-hydrogen) atoms. The molecule has 0 aliphatic heterocycles. The van der Waals surface area contributed by atoms with Gasteiger partial charge >= 0.3 is 0 Å². The summed E-state index contributed by atoms with van der Waals surface area (Å²) in [5.41, 5.74) is 0. The molecule has 2 N–H and O–H groups in total. The van der Waals surface area contributed by atoms with E-state index in [1.54, 1.807) is 0 Å². The smallest absolute Gasteiger partial charge is 0.107 e. The highest BCUT2D eigenvalue weighted by Gasteiger charge is 2.26. The molecule has 0 spiro atoms. The molecule has 1 fully saturated rings. The van der Waals surface area contributed by atoms with Crippen molar-refractivity contribution in [1.29, 1.82) is 0 Å². The molecule has 0 aromatic heterocycles. The van der Waals surface area contributed by atoms with Crippen molar-refractivity contribution < 1.29 is 10.2 Å². The van der Waals surface area contributed by atoms with Crippen LogP contribution in [0.1, 0.15) is 19.3 Å². The standard InChI is InChI=1S/C8H16NO2/c1-7(11)9(5-6-10)8-3-2-4-8/h7-8,10-11H,1-6H2. The monoisotopic (exact) mass is 158 g/mol. The van der Waals surface area contributed by atoms with Gasteiger partial charge in [-0.25, -0.2) is 0 Å². The second-order valence-corrected chi connectivity index (χ2v) is 3.03. The van der Waals surface area contributed by atoms with Crippen LogP contribution in [-0.4, -0.2) is 40.5 Å². The molecule has 0 aromatic rings. The molecule has 1 saturated carbocycles. The molecule has 0 aromatic carbocycles. The lowest BCUT2D eigenvalue weighted by Gasteiger charge is -2.38. The van der Waals surface area contributed by atoms with E-state index in [0.29, 0.717) is 12.6 Å². The van der Waals surface area contributed by atoms with E-state index in [1.807, 2.05) is 4.90 Å². The summed E-state index contributed by atoms with van der Waals surface area (Å²) in [7, 11) is 0. The van der Waals surface area contributed by atoms with Gasteiger partial charge in [-0.1, -0.05) is 6.42 Å². The first-order valence-electron chi connectivity index (χ1n) is 4.13. The molecule has 3 heteroatoms. The number of nitrogens with zero attached hydrogens (tertiary/aromatic N) is 1. The Morgan fingerprint density at radius 3 is 2.45 bits per heavy atom. The molecule has 65 valence electrons. The van der Waals surface area contributed by atoms with E-state index < -0.39 is 6.23 Å². The summed E-state index contributed by atoms with van der Waals surface area (Å²) in [5.74, 6) is 0. The molecule has 1 aliphatic carbocycles. The van der Waals surface area contributed by atoms with E-state index in [4.69, 9.17) is 5.11 Å². The molecule has 0 amide bonds. The lowest BCUT2D eigenvalue weighted by atomic mass is 9.91. The Bertz CT molecular complexity index is 113. The van der Waals surface area contributed by atoms with E-state index in [-0.39, 0.29) is 6.61 Å². The first-order valence-corrected chi connectivity index (χ1v) is 4.13. The number of aliphatic hydroxyl groups is 2. The van der Waals surface area contributed by atoms with Gasteiger partial charge in [0, 0.05) is 12.6 Å². The molecule has 1 atom stereocenters. The first kappa shape index (κ1) is 8.97. The van der Waals surface area contributed by atoms with Crippen LogP contribution < -0.4 is 0 Å². The zero-order valence-electron chi connectivity index (χ0n) is 6.74. The van der Waals surface area contributed by atoms with E-state index >= 15 is 0 Å². The fraction of sp³-hybridized carbons (Fsp3) is 0.875. The summed E-state index contributed by atoms with van der Waals surface area (Å²) >= 11 is 0. The highest BCUT2D eigenvalue weighted by molar-refractivity contribution is 4.81. The Hall–Kier alpha value is -0.120. The van der Waals surface area contributed by atoms with Gasteiger partial charge in [-0.05, 0) is 19.8 Å². The highest BCUT2D eigenvalue weighted by Crippen LogP contribution is 2.25. The predicted molar refractivity (Wildman–Crippen MR) is 42.8 cm³/mol. The van der Waals surface area contributed by atoms with Crippen molar-refractivity contribution in [3.63, 3.8) is 0 Å². The maximum absolute atomic E-state index is 9.18. The average Bonchev–Trinajstić information content (AvgIpc) is 1.82. The van der Waals surface area contributed by atoms with Gasteiger partial charge in [0.25, 0.3) is 0 Å². The third kappa shape index (κ3) is 2.15. The minimum atomic E-state index is -0.660. The Balaban J connectivity index is 2.31. The SMILES string of the molecule is [CH2]C(O)N(CCO)C1CCC1. The van der Waals surface area contributed by atoms with Crippen molar-refractivity contribution in [3.05, 3.63) is 6.92 Å². The van der Waals surface area contributed by atoms with E-state index in [0.717, 1.165) is 12.8 Å². The van der Waals surface area contributed by atoms with Crippen molar-refractivity contribution in [2.75, 3.05) is 13.2 Å². The molecular weight excluding hydrogens is 142 g/mol. The van der Waals surface area contributed by atoms with Crippen molar-refractivity contribution in [3.8, 4) is 0 Å². The fourth-order valence-electron chi connectivity index (χ4n) is 1.41. The maximum atomic E-state index is 9.18. The molecule has 1 aliphatic rings. The van der Waals surface area contributed by atoms with Gasteiger partial charge in [-0.3, -0.25) is 4.90 Å². The summed E-state index contributed by atoms with van der Waals surface area (Å²) in [4.78, 5) is 1.85. The van der Waals surface area contributed by atoms with Gasteiger partial charge in [0.15, 0.2) is 0 Å². The quantitative estimate of drug-likeness (QED) is 0.565. The van der Waals surface area contributed by atoms with Crippen LogP contribution in [0.4, 0.5) is 0 Å². The van der Waals surface area contributed by atoms with Crippen LogP contribution in [0.25, 0.3) is 0 Å². The van der Waals surface area contributed by atoms with E-state index in [2.05, 4.69) is 6.92 Å². The summed E-state index contributed by atoms with van der Waals surface area (Å²) in [6, 6.07) is 0.453. The zero-order valence-corrected chi connectivity index (χ0v) is 6.74. The Morgan fingerprint density at radius 2 is 2.18 bits per heavy atom. The number of hydrogen-bond acceptors (Lipinski definition) is 3. The molecule has 0 saturated heterocycles. The summed E-state index contributed by atoms with van der Waals surface area (Å²) < 4.78 is 0. The highest BCUT2D eigenvalue weighted by atomic mass is 16.3. The number of aliphatic hydroxyl groups excluding tert-OH is 2. The fourth-order valence-corrected chi connectivity index (χ4v) is 1.41. The third-order valence-electron chi connectivity index (χ3n) is 2.28. The minimum absolute atomic E-state index is 0.100. The van der Waals surface area contributed by atoms with Gasteiger partial charge in [-0.15, -0.1) is 0 Å². The van der Waals surface area contributed by atoms with Crippen LogP contribution in [0.5, 0.6) is 0 Å². The van der Waals surface area contributed by atoms with Crippen molar-refractivity contribution in [1.82, 2.24) is 4.90 Å². The minimum Gasteiger partial charge on any atom is -0.395 e. The third-order valence-corrected chi connectivity index (χ3v) is 2.28. The van der Waals surface area contributed by atoms with E-state index in [9.17, 15) is 5.11 Å². The van der Waals surface area contributed by atoms with E-state index in [1.165, 1.54) is 6.42 Å².